The molecule has 0 aliphatic carbocycles. The Kier molecular flexibility index (Phi) is 5.07. The van der Waals surface area contributed by atoms with Gasteiger partial charge < -0.3 is 9.80 Å². The minimum atomic E-state index is -4.64. The predicted molar refractivity (Wildman–Crippen MR) is 104 cm³/mol. The number of alkyl halides is 3. The van der Waals surface area contributed by atoms with Crippen LogP contribution in [-0.2, 0) is 6.18 Å². The summed E-state index contributed by atoms with van der Waals surface area (Å²) in [5, 5.41) is 3.84. The first-order valence-corrected chi connectivity index (χ1v) is 9.86. The fourth-order valence-corrected chi connectivity index (χ4v) is 3.61. The second kappa shape index (κ2) is 7.42. The molecule has 1 aromatic carbocycles. The molecular formula is C19H18BrF3N5O+. The van der Waals surface area contributed by atoms with Crippen molar-refractivity contribution >= 4 is 27.5 Å². The molecular weight excluding hydrogens is 451 g/mol. The Balaban J connectivity index is 1.84. The number of fused-ring (bicyclic) bond motifs is 1. The maximum absolute atomic E-state index is 13.7. The number of piperazine rings is 1. The third-order valence-electron chi connectivity index (χ3n) is 5.04. The molecule has 6 nitrogen and oxygen atoms in total. The van der Waals surface area contributed by atoms with Crippen LogP contribution in [0.15, 0.2) is 41.0 Å². The summed E-state index contributed by atoms with van der Waals surface area (Å²) in [6, 6.07) is 7.75. The largest absolute Gasteiger partial charge is 0.433 e. The summed E-state index contributed by atoms with van der Waals surface area (Å²) in [5.41, 5.74) is -0.330. The van der Waals surface area contributed by atoms with E-state index >= 15 is 0 Å². The van der Waals surface area contributed by atoms with Crippen molar-refractivity contribution < 1.29 is 22.9 Å². The molecule has 29 heavy (non-hydrogen) atoms. The summed E-state index contributed by atoms with van der Waals surface area (Å²) in [6.07, 6.45) is -3.47. The summed E-state index contributed by atoms with van der Waals surface area (Å²) >= 11 is 3.31. The fraction of sp³-hybridized carbons (Fsp3) is 0.316. The van der Waals surface area contributed by atoms with Gasteiger partial charge >= 0.3 is 6.18 Å². The number of benzene rings is 1. The van der Waals surface area contributed by atoms with Crippen LogP contribution in [0.2, 0.25) is 0 Å². The van der Waals surface area contributed by atoms with Gasteiger partial charge in [-0.05, 0) is 18.2 Å². The van der Waals surface area contributed by atoms with Crippen molar-refractivity contribution in [3.8, 4) is 11.3 Å². The molecule has 0 radical (unpaired) electrons. The second-order valence-electron chi connectivity index (χ2n) is 7.07. The standard InChI is InChI=1S/C19H17BrF3N5O/c1-26-6-8-27(9-7-26)18(29)14-11-24-28-16(19(21,22)23)10-15(25-17(14)28)12-2-4-13(20)5-3-12/h2-5,10-11H,6-9H2,1H3/p+1. The average molecular weight is 469 g/mol. The van der Waals surface area contributed by atoms with Gasteiger partial charge in [0, 0.05) is 10.0 Å². The predicted octanol–water partition coefficient (Wildman–Crippen LogP) is 2.15. The number of amides is 1. The van der Waals surface area contributed by atoms with Gasteiger partial charge in [-0.1, -0.05) is 28.1 Å². The molecule has 0 atom stereocenters. The summed E-state index contributed by atoms with van der Waals surface area (Å²) in [6.45, 7) is 2.66. The molecule has 3 aromatic rings. The number of halogens is 4. The van der Waals surface area contributed by atoms with Crippen molar-refractivity contribution in [2.24, 2.45) is 0 Å². The van der Waals surface area contributed by atoms with Gasteiger partial charge in [0.1, 0.15) is 5.56 Å². The molecule has 1 aliphatic rings. The first kappa shape index (κ1) is 19.8. The number of aromatic nitrogens is 3. The first-order chi connectivity index (χ1) is 13.7. The van der Waals surface area contributed by atoms with Gasteiger partial charge in [-0.3, -0.25) is 4.79 Å². The zero-order valence-electron chi connectivity index (χ0n) is 15.5. The summed E-state index contributed by atoms with van der Waals surface area (Å²) in [5.74, 6) is -0.346. The average Bonchev–Trinajstić information content (AvgIpc) is 3.11. The van der Waals surface area contributed by atoms with Gasteiger partial charge in [-0.25, -0.2) is 9.50 Å². The molecule has 1 amide bonds. The highest BCUT2D eigenvalue weighted by Gasteiger charge is 2.36. The fourth-order valence-electron chi connectivity index (χ4n) is 3.35. The van der Waals surface area contributed by atoms with Gasteiger partial charge in [0.25, 0.3) is 5.91 Å². The van der Waals surface area contributed by atoms with Crippen LogP contribution in [0.4, 0.5) is 13.2 Å². The number of rotatable bonds is 2. The summed E-state index contributed by atoms with van der Waals surface area (Å²) in [7, 11) is 2.04. The van der Waals surface area contributed by atoms with Crippen LogP contribution < -0.4 is 4.90 Å². The number of carbonyl (C=O) groups is 1. The maximum Gasteiger partial charge on any atom is 0.433 e. The third kappa shape index (κ3) is 3.86. The second-order valence-corrected chi connectivity index (χ2v) is 7.99. The van der Waals surface area contributed by atoms with E-state index in [1.54, 1.807) is 29.2 Å². The molecule has 4 rings (SSSR count). The van der Waals surface area contributed by atoms with Crippen molar-refractivity contribution in [3.63, 3.8) is 0 Å². The quantitative estimate of drug-likeness (QED) is 0.626. The van der Waals surface area contributed by atoms with E-state index in [9.17, 15) is 18.0 Å². The lowest BCUT2D eigenvalue weighted by atomic mass is 10.1. The smallest absolute Gasteiger partial charge is 0.334 e. The van der Waals surface area contributed by atoms with Crippen molar-refractivity contribution in [1.82, 2.24) is 19.5 Å². The number of nitrogens with one attached hydrogen (secondary N) is 1. The van der Waals surface area contributed by atoms with Crippen LogP contribution in [0.5, 0.6) is 0 Å². The van der Waals surface area contributed by atoms with Crippen LogP contribution in [0.1, 0.15) is 16.1 Å². The van der Waals surface area contributed by atoms with E-state index in [4.69, 9.17) is 0 Å². The molecule has 3 heterocycles. The number of likely N-dealkylation sites (N-methyl/N-ethyl adjacent to an activating group) is 1. The Morgan fingerprint density at radius 2 is 1.83 bits per heavy atom. The van der Waals surface area contributed by atoms with E-state index in [1.807, 2.05) is 7.05 Å². The summed E-state index contributed by atoms with van der Waals surface area (Å²) < 4.78 is 42.6. The van der Waals surface area contributed by atoms with Crippen molar-refractivity contribution in [2.45, 2.75) is 6.18 Å². The van der Waals surface area contributed by atoms with E-state index in [0.717, 1.165) is 23.6 Å². The molecule has 1 aliphatic heterocycles. The Morgan fingerprint density at radius 1 is 1.17 bits per heavy atom. The van der Waals surface area contributed by atoms with Crippen LogP contribution in [-0.4, -0.2) is 58.6 Å². The number of quaternary nitrogens is 1. The van der Waals surface area contributed by atoms with E-state index in [1.165, 1.54) is 11.1 Å². The number of nitrogens with zero attached hydrogens (tertiary/aromatic N) is 4. The third-order valence-corrected chi connectivity index (χ3v) is 5.57. The lowest BCUT2D eigenvalue weighted by molar-refractivity contribution is -0.883. The normalized spacial score (nSPS) is 15.8. The molecule has 0 unspecified atom stereocenters. The Morgan fingerprint density at radius 3 is 2.45 bits per heavy atom. The Hall–Kier alpha value is -2.46. The van der Waals surface area contributed by atoms with Gasteiger partial charge in [0.05, 0.1) is 45.1 Å². The van der Waals surface area contributed by atoms with E-state index in [-0.39, 0.29) is 22.8 Å². The van der Waals surface area contributed by atoms with Crippen LogP contribution in [0.25, 0.3) is 16.9 Å². The molecule has 1 fully saturated rings. The molecule has 1 saturated heterocycles. The molecule has 10 heteroatoms. The lowest BCUT2D eigenvalue weighted by Gasteiger charge is -2.29. The van der Waals surface area contributed by atoms with E-state index in [0.29, 0.717) is 23.2 Å². The highest BCUT2D eigenvalue weighted by Crippen LogP contribution is 2.33. The molecule has 0 bridgehead atoms. The van der Waals surface area contributed by atoms with Crippen molar-refractivity contribution in [2.75, 3.05) is 33.2 Å². The zero-order valence-corrected chi connectivity index (χ0v) is 17.1. The van der Waals surface area contributed by atoms with Gasteiger partial charge in [-0.15, -0.1) is 0 Å². The minimum absolute atomic E-state index is 0.0778. The summed E-state index contributed by atoms with van der Waals surface area (Å²) in [4.78, 5) is 20.3. The Bertz CT molecular complexity index is 1060. The SMILES string of the molecule is C[NH+]1CCN(C(=O)c2cnn3c(C(F)(F)F)cc(-c4ccc(Br)cc4)nc23)CC1. The van der Waals surface area contributed by atoms with Crippen molar-refractivity contribution in [1.29, 1.82) is 0 Å². The van der Waals surface area contributed by atoms with Gasteiger partial charge in [0.2, 0.25) is 0 Å². The number of hydrogen-bond donors (Lipinski definition) is 1. The van der Waals surface area contributed by atoms with E-state index < -0.39 is 11.9 Å². The van der Waals surface area contributed by atoms with Gasteiger partial charge in [-0.2, -0.15) is 18.3 Å². The molecule has 1 N–H and O–H groups in total. The van der Waals surface area contributed by atoms with Crippen molar-refractivity contribution in [3.05, 3.63) is 52.3 Å². The van der Waals surface area contributed by atoms with Gasteiger partial charge in [0.15, 0.2) is 11.3 Å². The van der Waals surface area contributed by atoms with Crippen LogP contribution in [0, 0.1) is 0 Å². The first-order valence-electron chi connectivity index (χ1n) is 9.06. The molecule has 0 spiro atoms. The highest BCUT2D eigenvalue weighted by molar-refractivity contribution is 9.10. The Labute approximate surface area is 173 Å². The number of hydrogen-bond acceptors (Lipinski definition) is 3. The van der Waals surface area contributed by atoms with Crippen LogP contribution >= 0.6 is 15.9 Å². The van der Waals surface area contributed by atoms with E-state index in [2.05, 4.69) is 26.0 Å². The lowest BCUT2D eigenvalue weighted by Crippen LogP contribution is -3.12. The van der Waals surface area contributed by atoms with Crippen LogP contribution in [0.3, 0.4) is 0 Å². The maximum atomic E-state index is 13.7. The molecule has 152 valence electrons. The monoisotopic (exact) mass is 468 g/mol. The zero-order chi connectivity index (χ0) is 20.8. The molecule has 0 saturated carbocycles. The highest BCUT2D eigenvalue weighted by atomic mass is 79.9. The minimum Gasteiger partial charge on any atom is -0.334 e. The topological polar surface area (TPSA) is 54.9 Å². The molecule has 2 aromatic heterocycles. The number of carbonyl (C=O) groups excluding carboxylic acids is 1.